The van der Waals surface area contributed by atoms with Gasteiger partial charge in [0.2, 0.25) is 0 Å². The molecule has 0 spiro atoms. The lowest BCUT2D eigenvalue weighted by atomic mass is 10.0. The van der Waals surface area contributed by atoms with E-state index >= 15 is 0 Å². The van der Waals surface area contributed by atoms with E-state index in [0.717, 1.165) is 18.8 Å². The second-order valence-corrected chi connectivity index (χ2v) is 6.37. The van der Waals surface area contributed by atoms with E-state index in [1.54, 1.807) is 11.3 Å². The first-order chi connectivity index (χ1) is 9.65. The van der Waals surface area contributed by atoms with Gasteiger partial charge in [-0.15, -0.1) is 11.3 Å². The molecule has 1 N–H and O–H groups in total. The third kappa shape index (κ3) is 4.66. The quantitative estimate of drug-likeness (QED) is 0.765. The summed E-state index contributed by atoms with van der Waals surface area (Å²) >= 11 is 1.78. The maximum Gasteiger partial charge on any atom is 0.119 e. The standard InChI is InChI=1S/C17H23NOS/c1-13(2)15-9-14(3)10-16(11-15)19-7-6-18-12-17-5-4-8-20-17/h4-5,8-11,13,18H,6-7,12H2,1-3H3. The number of hydrogen-bond donors (Lipinski definition) is 1. The first kappa shape index (κ1) is 15.1. The first-order valence-corrected chi connectivity index (χ1v) is 8.00. The van der Waals surface area contributed by atoms with Crippen LogP contribution >= 0.6 is 11.3 Å². The molecule has 1 heterocycles. The summed E-state index contributed by atoms with van der Waals surface area (Å²) in [7, 11) is 0. The van der Waals surface area contributed by atoms with Gasteiger partial charge in [0.1, 0.15) is 12.4 Å². The molecule has 0 amide bonds. The summed E-state index contributed by atoms with van der Waals surface area (Å²) in [5, 5.41) is 5.50. The number of ether oxygens (including phenoxy) is 1. The van der Waals surface area contributed by atoms with Crippen LogP contribution in [0.25, 0.3) is 0 Å². The summed E-state index contributed by atoms with van der Waals surface area (Å²) in [5.74, 6) is 1.51. The molecule has 2 rings (SSSR count). The summed E-state index contributed by atoms with van der Waals surface area (Å²) in [6, 6.07) is 10.7. The Bertz CT molecular complexity index is 520. The number of aryl methyl sites for hydroxylation is 1. The zero-order chi connectivity index (χ0) is 14.4. The van der Waals surface area contributed by atoms with Gasteiger partial charge >= 0.3 is 0 Å². The normalized spacial score (nSPS) is 11.0. The molecule has 0 aliphatic heterocycles. The molecular formula is C17H23NOS. The number of hydrogen-bond acceptors (Lipinski definition) is 3. The molecule has 0 radical (unpaired) electrons. The number of rotatable bonds is 7. The van der Waals surface area contributed by atoms with Gasteiger partial charge in [0.15, 0.2) is 0 Å². The Morgan fingerprint density at radius 3 is 2.80 bits per heavy atom. The Morgan fingerprint density at radius 1 is 1.25 bits per heavy atom. The third-order valence-corrected chi connectivity index (χ3v) is 4.04. The van der Waals surface area contributed by atoms with Crippen LogP contribution in [0.15, 0.2) is 35.7 Å². The van der Waals surface area contributed by atoms with Gasteiger partial charge in [-0.2, -0.15) is 0 Å². The van der Waals surface area contributed by atoms with E-state index in [4.69, 9.17) is 4.74 Å². The molecule has 0 aliphatic carbocycles. The van der Waals surface area contributed by atoms with E-state index in [1.165, 1.54) is 16.0 Å². The van der Waals surface area contributed by atoms with Gasteiger partial charge in [0.25, 0.3) is 0 Å². The number of thiophene rings is 1. The summed E-state index contributed by atoms with van der Waals surface area (Å²) in [6.45, 7) is 9.03. The van der Waals surface area contributed by atoms with Crippen molar-refractivity contribution in [3.05, 3.63) is 51.7 Å². The Labute approximate surface area is 125 Å². The first-order valence-electron chi connectivity index (χ1n) is 7.12. The Hall–Kier alpha value is -1.32. The maximum atomic E-state index is 5.84. The largest absolute Gasteiger partial charge is 0.492 e. The summed E-state index contributed by atoms with van der Waals surface area (Å²) in [4.78, 5) is 1.36. The Morgan fingerprint density at radius 2 is 2.10 bits per heavy atom. The minimum absolute atomic E-state index is 0.536. The molecule has 3 heteroatoms. The Balaban J connectivity index is 1.76. The molecule has 0 atom stereocenters. The van der Waals surface area contributed by atoms with Crippen molar-refractivity contribution in [3.63, 3.8) is 0 Å². The predicted molar refractivity (Wildman–Crippen MR) is 86.8 cm³/mol. The molecule has 0 aliphatic rings. The maximum absolute atomic E-state index is 5.84. The van der Waals surface area contributed by atoms with Crippen molar-refractivity contribution in [1.82, 2.24) is 5.32 Å². The smallest absolute Gasteiger partial charge is 0.119 e. The highest BCUT2D eigenvalue weighted by molar-refractivity contribution is 7.09. The molecule has 1 aromatic heterocycles. The molecule has 0 saturated carbocycles. The third-order valence-electron chi connectivity index (χ3n) is 3.17. The fourth-order valence-electron chi connectivity index (χ4n) is 2.06. The van der Waals surface area contributed by atoms with E-state index in [-0.39, 0.29) is 0 Å². The average molecular weight is 289 g/mol. The second-order valence-electron chi connectivity index (χ2n) is 5.34. The average Bonchev–Trinajstić information content (AvgIpc) is 2.91. The van der Waals surface area contributed by atoms with E-state index in [9.17, 15) is 0 Å². The van der Waals surface area contributed by atoms with E-state index in [1.807, 2.05) is 0 Å². The molecule has 108 valence electrons. The zero-order valence-corrected chi connectivity index (χ0v) is 13.3. The second kappa shape index (κ2) is 7.46. The van der Waals surface area contributed by atoms with Gasteiger partial charge in [0, 0.05) is 18.0 Å². The zero-order valence-electron chi connectivity index (χ0n) is 12.5. The minimum Gasteiger partial charge on any atom is -0.492 e. The van der Waals surface area contributed by atoms with Gasteiger partial charge in [-0.3, -0.25) is 0 Å². The molecule has 0 bridgehead atoms. The summed E-state index contributed by atoms with van der Waals surface area (Å²) < 4.78 is 5.84. The lowest BCUT2D eigenvalue weighted by Crippen LogP contribution is -2.20. The predicted octanol–water partition coefficient (Wildman–Crippen LogP) is 4.35. The van der Waals surface area contributed by atoms with Crippen molar-refractivity contribution in [2.24, 2.45) is 0 Å². The molecular weight excluding hydrogens is 266 g/mol. The van der Waals surface area contributed by atoms with E-state index in [0.29, 0.717) is 12.5 Å². The lowest BCUT2D eigenvalue weighted by molar-refractivity contribution is 0.313. The Kier molecular flexibility index (Phi) is 5.62. The molecule has 0 saturated heterocycles. The van der Waals surface area contributed by atoms with Crippen LogP contribution in [-0.2, 0) is 6.54 Å². The van der Waals surface area contributed by atoms with Crippen LogP contribution in [0.3, 0.4) is 0 Å². The van der Waals surface area contributed by atoms with Crippen LogP contribution in [0, 0.1) is 6.92 Å². The van der Waals surface area contributed by atoms with Crippen LogP contribution in [0.4, 0.5) is 0 Å². The van der Waals surface area contributed by atoms with Crippen LogP contribution in [-0.4, -0.2) is 13.2 Å². The molecule has 2 aromatic rings. The van der Waals surface area contributed by atoms with Crippen molar-refractivity contribution < 1.29 is 4.74 Å². The summed E-state index contributed by atoms with van der Waals surface area (Å²) in [5.41, 5.74) is 2.60. The van der Waals surface area contributed by atoms with Crippen molar-refractivity contribution >= 4 is 11.3 Å². The van der Waals surface area contributed by atoms with E-state index < -0.39 is 0 Å². The number of benzene rings is 1. The molecule has 0 fully saturated rings. The molecule has 0 unspecified atom stereocenters. The van der Waals surface area contributed by atoms with Crippen LogP contribution in [0.5, 0.6) is 5.75 Å². The monoisotopic (exact) mass is 289 g/mol. The number of nitrogens with one attached hydrogen (secondary N) is 1. The van der Waals surface area contributed by atoms with Crippen molar-refractivity contribution in [2.45, 2.75) is 33.2 Å². The highest BCUT2D eigenvalue weighted by Gasteiger charge is 2.03. The van der Waals surface area contributed by atoms with Crippen LogP contribution in [0.1, 0.15) is 35.8 Å². The van der Waals surface area contributed by atoms with Gasteiger partial charge in [0.05, 0.1) is 0 Å². The van der Waals surface area contributed by atoms with Gasteiger partial charge in [-0.1, -0.05) is 26.0 Å². The SMILES string of the molecule is Cc1cc(OCCNCc2cccs2)cc(C(C)C)c1. The molecule has 2 nitrogen and oxygen atoms in total. The minimum atomic E-state index is 0.536. The topological polar surface area (TPSA) is 21.3 Å². The molecule has 20 heavy (non-hydrogen) atoms. The molecule has 1 aromatic carbocycles. The van der Waals surface area contributed by atoms with Crippen molar-refractivity contribution in [3.8, 4) is 5.75 Å². The highest BCUT2D eigenvalue weighted by atomic mass is 32.1. The van der Waals surface area contributed by atoms with Crippen molar-refractivity contribution in [2.75, 3.05) is 13.2 Å². The van der Waals surface area contributed by atoms with Gasteiger partial charge in [-0.25, -0.2) is 0 Å². The van der Waals surface area contributed by atoms with Crippen LogP contribution in [0.2, 0.25) is 0 Å². The van der Waals surface area contributed by atoms with Gasteiger partial charge < -0.3 is 10.1 Å². The van der Waals surface area contributed by atoms with Crippen LogP contribution < -0.4 is 10.1 Å². The lowest BCUT2D eigenvalue weighted by Gasteiger charge is -2.12. The fourth-order valence-corrected chi connectivity index (χ4v) is 2.73. The summed E-state index contributed by atoms with van der Waals surface area (Å²) in [6.07, 6.45) is 0. The van der Waals surface area contributed by atoms with Crippen molar-refractivity contribution in [1.29, 1.82) is 0 Å². The fraction of sp³-hybridized carbons (Fsp3) is 0.412. The highest BCUT2D eigenvalue weighted by Crippen LogP contribution is 2.22. The van der Waals surface area contributed by atoms with E-state index in [2.05, 4.69) is 61.8 Å². The van der Waals surface area contributed by atoms with Gasteiger partial charge in [-0.05, 0) is 47.5 Å².